The summed E-state index contributed by atoms with van der Waals surface area (Å²) in [6.07, 6.45) is 1.47. The lowest BCUT2D eigenvalue weighted by molar-refractivity contribution is 0.485. The van der Waals surface area contributed by atoms with Crippen molar-refractivity contribution in [3.63, 3.8) is 0 Å². The SMILES string of the molecule is NN=C(C=Nc1ccc(F)cc1)c1ccc2c(Oc3ccc(F)c(I)c3)cccc2n1. The number of nitrogens with zero attached hydrogens (tertiary/aromatic N) is 3. The number of rotatable bonds is 5. The lowest BCUT2D eigenvalue weighted by atomic mass is 10.1. The van der Waals surface area contributed by atoms with Crippen molar-refractivity contribution in [2.45, 2.75) is 0 Å². The summed E-state index contributed by atoms with van der Waals surface area (Å²) in [6, 6.07) is 19.4. The minimum atomic E-state index is -0.337. The van der Waals surface area contributed by atoms with Gasteiger partial charge in [0, 0.05) is 5.39 Å². The fraction of sp³-hybridized carbons (Fsp3) is 0. The molecule has 0 fully saturated rings. The summed E-state index contributed by atoms with van der Waals surface area (Å²) in [4.78, 5) is 8.87. The number of halogens is 3. The summed E-state index contributed by atoms with van der Waals surface area (Å²) in [5, 5.41) is 4.54. The summed E-state index contributed by atoms with van der Waals surface area (Å²) < 4.78 is 33.0. The third-order valence-electron chi connectivity index (χ3n) is 4.37. The quantitative estimate of drug-likeness (QED) is 0.150. The number of aliphatic imine (C=N–C) groups is 1. The maximum Gasteiger partial charge on any atom is 0.136 e. The van der Waals surface area contributed by atoms with Gasteiger partial charge in [-0.15, -0.1) is 0 Å². The van der Waals surface area contributed by atoms with E-state index in [1.165, 1.54) is 24.4 Å². The van der Waals surface area contributed by atoms with Gasteiger partial charge in [-0.3, -0.25) is 4.99 Å². The van der Waals surface area contributed by atoms with Crippen LogP contribution in [0.4, 0.5) is 14.5 Å². The van der Waals surface area contributed by atoms with Crippen molar-refractivity contribution in [3.05, 3.63) is 93.7 Å². The Labute approximate surface area is 190 Å². The Kier molecular flexibility index (Phi) is 6.17. The molecule has 1 aromatic heterocycles. The van der Waals surface area contributed by atoms with Crippen LogP contribution in [0.25, 0.3) is 10.9 Å². The van der Waals surface area contributed by atoms with Crippen LogP contribution in [-0.4, -0.2) is 16.9 Å². The summed E-state index contributed by atoms with van der Waals surface area (Å²) >= 11 is 1.92. The molecule has 0 saturated carbocycles. The van der Waals surface area contributed by atoms with Crippen molar-refractivity contribution < 1.29 is 13.5 Å². The van der Waals surface area contributed by atoms with Crippen LogP contribution in [0.3, 0.4) is 0 Å². The highest BCUT2D eigenvalue weighted by Crippen LogP contribution is 2.30. The molecule has 4 aromatic rings. The second-order valence-electron chi connectivity index (χ2n) is 6.45. The first-order valence-electron chi connectivity index (χ1n) is 9.14. The zero-order valence-electron chi connectivity index (χ0n) is 16.0. The van der Waals surface area contributed by atoms with E-state index in [1.54, 1.807) is 30.3 Å². The lowest BCUT2D eigenvalue weighted by Crippen LogP contribution is -2.08. The molecule has 0 aliphatic rings. The fourth-order valence-corrected chi connectivity index (χ4v) is 3.34. The second-order valence-corrected chi connectivity index (χ2v) is 7.61. The van der Waals surface area contributed by atoms with Crippen LogP contribution in [0, 0.1) is 15.2 Å². The van der Waals surface area contributed by atoms with Gasteiger partial charge < -0.3 is 10.6 Å². The van der Waals surface area contributed by atoms with E-state index in [2.05, 4.69) is 15.1 Å². The highest BCUT2D eigenvalue weighted by atomic mass is 127. The highest BCUT2D eigenvalue weighted by molar-refractivity contribution is 14.1. The fourth-order valence-electron chi connectivity index (χ4n) is 2.85. The largest absolute Gasteiger partial charge is 0.457 e. The molecule has 154 valence electrons. The number of ether oxygens (including phenoxy) is 1. The van der Waals surface area contributed by atoms with Gasteiger partial charge in [-0.1, -0.05) is 6.07 Å². The number of hydrogen-bond donors (Lipinski definition) is 1. The van der Waals surface area contributed by atoms with Crippen molar-refractivity contribution in [2.75, 3.05) is 0 Å². The molecule has 0 atom stereocenters. The molecular weight excluding hydrogens is 513 g/mol. The summed E-state index contributed by atoms with van der Waals surface area (Å²) in [6.45, 7) is 0. The van der Waals surface area contributed by atoms with Gasteiger partial charge in [-0.05, 0) is 89.3 Å². The molecular formula is C23H15F2IN4O. The van der Waals surface area contributed by atoms with Crippen LogP contribution in [0.2, 0.25) is 0 Å². The number of aromatic nitrogens is 1. The maximum atomic E-state index is 13.5. The normalized spacial score (nSPS) is 11.9. The first-order valence-corrected chi connectivity index (χ1v) is 10.2. The van der Waals surface area contributed by atoms with Gasteiger partial charge in [-0.25, -0.2) is 13.8 Å². The molecule has 0 spiro atoms. The second kappa shape index (κ2) is 9.17. The summed E-state index contributed by atoms with van der Waals surface area (Å²) in [5.74, 6) is 6.02. The van der Waals surface area contributed by atoms with Crippen molar-refractivity contribution in [1.82, 2.24) is 4.98 Å². The zero-order chi connectivity index (χ0) is 21.8. The van der Waals surface area contributed by atoms with Gasteiger partial charge in [0.05, 0.1) is 26.7 Å². The van der Waals surface area contributed by atoms with Crippen LogP contribution in [0.15, 0.2) is 82.9 Å². The number of nitrogens with two attached hydrogens (primary N) is 1. The Bertz CT molecular complexity index is 1310. The standard InChI is InChI=1S/C23H15F2IN4O/c24-14-4-6-15(7-5-14)28-13-22(30-27)21-11-9-17-20(29-21)2-1-3-23(17)31-16-8-10-18(25)19(26)12-16/h1-13H,27H2. The number of hydrazone groups is 1. The van der Waals surface area contributed by atoms with Crippen LogP contribution >= 0.6 is 22.6 Å². The van der Waals surface area contributed by atoms with E-state index in [4.69, 9.17) is 10.6 Å². The average Bonchev–Trinajstić information content (AvgIpc) is 2.78. The molecule has 4 rings (SSSR count). The molecule has 0 saturated heterocycles. The van der Waals surface area contributed by atoms with Crippen LogP contribution in [-0.2, 0) is 0 Å². The van der Waals surface area contributed by atoms with Gasteiger partial charge in [0.1, 0.15) is 28.8 Å². The molecule has 0 aliphatic carbocycles. The molecule has 8 heteroatoms. The van der Waals surface area contributed by atoms with Crippen molar-refractivity contribution in [2.24, 2.45) is 15.9 Å². The monoisotopic (exact) mass is 528 g/mol. The molecule has 31 heavy (non-hydrogen) atoms. The van der Waals surface area contributed by atoms with E-state index in [1.807, 2.05) is 46.9 Å². The third-order valence-corrected chi connectivity index (χ3v) is 5.20. The first kappa shape index (κ1) is 20.9. The summed E-state index contributed by atoms with van der Waals surface area (Å²) in [5.41, 5.74) is 2.12. The van der Waals surface area contributed by atoms with Gasteiger partial charge in [0.15, 0.2) is 0 Å². The van der Waals surface area contributed by atoms with Crippen molar-refractivity contribution in [3.8, 4) is 11.5 Å². The smallest absolute Gasteiger partial charge is 0.136 e. The number of fused-ring (bicyclic) bond motifs is 1. The van der Waals surface area contributed by atoms with Gasteiger partial charge in [0.25, 0.3) is 0 Å². The Balaban J connectivity index is 1.63. The van der Waals surface area contributed by atoms with Crippen LogP contribution < -0.4 is 10.6 Å². The van der Waals surface area contributed by atoms with Gasteiger partial charge >= 0.3 is 0 Å². The van der Waals surface area contributed by atoms with Crippen LogP contribution in [0.1, 0.15) is 5.69 Å². The molecule has 5 nitrogen and oxygen atoms in total. The Morgan fingerprint density at radius 3 is 2.55 bits per heavy atom. The predicted molar refractivity (Wildman–Crippen MR) is 126 cm³/mol. The minimum Gasteiger partial charge on any atom is -0.457 e. The Hall–Kier alpha value is -3.40. The van der Waals surface area contributed by atoms with Crippen LogP contribution in [0.5, 0.6) is 11.5 Å². The Morgan fingerprint density at radius 1 is 1.00 bits per heavy atom. The van der Waals surface area contributed by atoms with Crippen molar-refractivity contribution >= 4 is 51.1 Å². The van der Waals surface area contributed by atoms with E-state index >= 15 is 0 Å². The van der Waals surface area contributed by atoms with Crippen molar-refractivity contribution in [1.29, 1.82) is 0 Å². The molecule has 0 aliphatic heterocycles. The highest BCUT2D eigenvalue weighted by Gasteiger charge is 2.10. The predicted octanol–water partition coefficient (Wildman–Crippen LogP) is 5.98. The van der Waals surface area contributed by atoms with E-state index in [0.29, 0.717) is 37.7 Å². The molecule has 1 heterocycles. The van der Waals surface area contributed by atoms with Gasteiger partial charge in [-0.2, -0.15) is 5.10 Å². The van der Waals surface area contributed by atoms with E-state index in [0.717, 1.165) is 5.39 Å². The average molecular weight is 528 g/mol. The number of hydrogen-bond acceptors (Lipinski definition) is 5. The molecule has 3 aromatic carbocycles. The lowest BCUT2D eigenvalue weighted by Gasteiger charge is -2.10. The Morgan fingerprint density at radius 2 is 1.81 bits per heavy atom. The minimum absolute atomic E-state index is 0.298. The third kappa shape index (κ3) is 4.85. The number of pyridine rings is 1. The molecule has 0 amide bonds. The molecule has 0 radical (unpaired) electrons. The van der Waals surface area contributed by atoms with E-state index in [-0.39, 0.29) is 11.6 Å². The summed E-state index contributed by atoms with van der Waals surface area (Å²) in [7, 11) is 0. The molecule has 0 unspecified atom stereocenters. The number of benzene rings is 3. The van der Waals surface area contributed by atoms with E-state index in [9.17, 15) is 8.78 Å². The zero-order valence-corrected chi connectivity index (χ0v) is 18.1. The molecule has 0 bridgehead atoms. The van der Waals surface area contributed by atoms with Gasteiger partial charge in [0.2, 0.25) is 0 Å². The van der Waals surface area contributed by atoms with E-state index < -0.39 is 0 Å². The maximum absolute atomic E-state index is 13.5. The topological polar surface area (TPSA) is 72.9 Å². The molecule has 2 N–H and O–H groups in total. The first-order chi connectivity index (χ1) is 15.0.